The lowest BCUT2D eigenvalue weighted by atomic mass is 10.1. The maximum atomic E-state index is 13.4. The molecule has 7 nitrogen and oxygen atoms in total. The highest BCUT2D eigenvalue weighted by Gasteiger charge is 2.31. The van der Waals surface area contributed by atoms with E-state index in [4.69, 9.17) is 11.6 Å². The monoisotopic (exact) mass is 666 g/mol. The first-order valence-electron chi connectivity index (χ1n) is 13.9. The third-order valence-electron chi connectivity index (χ3n) is 6.60. The second kappa shape index (κ2) is 15.0. The Balaban J connectivity index is 1.44. The van der Waals surface area contributed by atoms with Gasteiger partial charge in [0.2, 0.25) is 5.91 Å². The molecule has 238 valence electrons. The van der Waals surface area contributed by atoms with Crippen LogP contribution in [0.2, 0.25) is 5.02 Å². The van der Waals surface area contributed by atoms with Gasteiger partial charge in [-0.25, -0.2) is 0 Å². The summed E-state index contributed by atoms with van der Waals surface area (Å²) in [5.74, 6) is -1.53. The van der Waals surface area contributed by atoms with Crippen molar-refractivity contribution >= 4 is 64.2 Å². The van der Waals surface area contributed by atoms with Gasteiger partial charge in [-0.05, 0) is 85.3 Å². The molecule has 0 aliphatic rings. The molecule has 0 aromatic heterocycles. The van der Waals surface area contributed by atoms with Crippen LogP contribution in [0.5, 0.6) is 0 Å². The molecule has 1 unspecified atom stereocenters. The van der Waals surface area contributed by atoms with Crippen LogP contribution in [0, 0.1) is 0 Å². The molecule has 12 heteroatoms. The van der Waals surface area contributed by atoms with Crippen molar-refractivity contribution in [2.45, 2.75) is 23.2 Å². The summed E-state index contributed by atoms with van der Waals surface area (Å²) in [5, 5.41) is 7.24. The van der Waals surface area contributed by atoms with Crippen molar-refractivity contribution in [2.24, 2.45) is 0 Å². The highest BCUT2D eigenvalue weighted by atomic mass is 35.5. The highest BCUT2D eigenvalue weighted by Crippen LogP contribution is 2.34. The van der Waals surface area contributed by atoms with Crippen LogP contribution >= 0.6 is 23.4 Å². The van der Waals surface area contributed by atoms with Crippen molar-refractivity contribution in [1.82, 2.24) is 5.32 Å². The summed E-state index contributed by atoms with van der Waals surface area (Å²) in [7, 11) is 3.83. The number of alkyl halides is 3. The Kier molecular flexibility index (Phi) is 11.2. The minimum atomic E-state index is -4.58. The molecule has 0 heterocycles. The van der Waals surface area contributed by atoms with E-state index in [2.05, 4.69) is 16.0 Å². The molecule has 0 bridgehead atoms. The molecule has 3 N–H and O–H groups in total. The number of thioether (sulfide) groups is 1. The minimum Gasteiger partial charge on any atom is -0.378 e. The lowest BCUT2D eigenvalue weighted by Crippen LogP contribution is -2.30. The molecule has 46 heavy (non-hydrogen) atoms. The number of amides is 3. The fourth-order valence-corrected chi connectivity index (χ4v) is 5.11. The van der Waals surface area contributed by atoms with Crippen LogP contribution in [0.15, 0.2) is 108 Å². The fourth-order valence-electron chi connectivity index (χ4n) is 4.08. The van der Waals surface area contributed by atoms with E-state index in [1.807, 2.05) is 43.3 Å². The molecule has 1 atom stereocenters. The topological polar surface area (TPSA) is 90.5 Å². The second-order valence-electron chi connectivity index (χ2n) is 10.3. The largest absolute Gasteiger partial charge is 0.416 e. The number of anilines is 3. The zero-order valence-electron chi connectivity index (χ0n) is 25.0. The van der Waals surface area contributed by atoms with Crippen LogP contribution < -0.4 is 20.9 Å². The molecule has 4 aromatic rings. The van der Waals surface area contributed by atoms with Gasteiger partial charge in [-0.1, -0.05) is 41.9 Å². The summed E-state index contributed by atoms with van der Waals surface area (Å²) in [4.78, 5) is 41.6. The van der Waals surface area contributed by atoms with E-state index < -0.39 is 34.7 Å². The van der Waals surface area contributed by atoms with Crippen LogP contribution in [-0.2, 0) is 15.8 Å². The predicted octanol–water partition coefficient (Wildman–Crippen LogP) is 7.95. The Morgan fingerprint density at radius 1 is 0.870 bits per heavy atom. The van der Waals surface area contributed by atoms with Gasteiger partial charge < -0.3 is 20.9 Å². The normalized spacial score (nSPS) is 12.2. The summed E-state index contributed by atoms with van der Waals surface area (Å²) < 4.78 is 39.3. The number of benzene rings is 4. The lowest BCUT2D eigenvalue weighted by Gasteiger charge is -2.15. The quantitative estimate of drug-likeness (QED) is 0.118. The fraction of sp³-hybridized carbons (Fsp3) is 0.147. The van der Waals surface area contributed by atoms with Crippen LogP contribution in [-0.4, -0.2) is 37.1 Å². The first kappa shape index (κ1) is 34.1. The van der Waals surface area contributed by atoms with Crippen molar-refractivity contribution in [3.8, 4) is 0 Å². The smallest absolute Gasteiger partial charge is 0.378 e. The zero-order valence-corrected chi connectivity index (χ0v) is 26.6. The van der Waals surface area contributed by atoms with Crippen LogP contribution in [0.4, 0.5) is 30.2 Å². The van der Waals surface area contributed by atoms with Crippen molar-refractivity contribution < 1.29 is 27.6 Å². The predicted molar refractivity (Wildman–Crippen MR) is 178 cm³/mol. The summed E-state index contributed by atoms with van der Waals surface area (Å²) in [6.07, 6.45) is -3.00. The van der Waals surface area contributed by atoms with Gasteiger partial charge in [0, 0.05) is 35.9 Å². The van der Waals surface area contributed by atoms with Gasteiger partial charge >= 0.3 is 6.18 Å². The zero-order chi connectivity index (χ0) is 33.4. The molecule has 0 saturated heterocycles. The van der Waals surface area contributed by atoms with E-state index in [1.165, 1.54) is 11.8 Å². The molecule has 0 spiro atoms. The van der Waals surface area contributed by atoms with E-state index in [9.17, 15) is 27.6 Å². The number of hydrogen-bond acceptors (Lipinski definition) is 5. The lowest BCUT2D eigenvalue weighted by molar-refractivity contribution is -0.137. The molecule has 0 radical (unpaired) electrons. The van der Waals surface area contributed by atoms with Gasteiger partial charge in [0.1, 0.15) is 5.70 Å². The van der Waals surface area contributed by atoms with Crippen LogP contribution in [0.1, 0.15) is 28.4 Å². The highest BCUT2D eigenvalue weighted by molar-refractivity contribution is 8.00. The average molecular weight is 667 g/mol. The third kappa shape index (κ3) is 9.38. The van der Waals surface area contributed by atoms with E-state index in [-0.39, 0.29) is 16.4 Å². The standard InChI is InChI=1S/C34H30ClF3N4O3S/c1-21(31(43)40-29-20-24(34(36,37)38)11-18-28(29)35)46-27-16-12-25(13-17-27)39-33(45)30(41-32(44)23-7-5-4-6-8-23)19-22-9-14-26(15-10-22)42(2)3/h4-21H,1-3H3,(H,39,45)(H,40,43)(H,41,44)/b30-19-. The van der Waals surface area contributed by atoms with E-state index in [0.29, 0.717) is 21.7 Å². The van der Waals surface area contributed by atoms with Gasteiger partial charge in [0.25, 0.3) is 11.8 Å². The van der Waals surface area contributed by atoms with Gasteiger partial charge in [-0.3, -0.25) is 14.4 Å². The number of nitrogens with zero attached hydrogens (tertiary/aromatic N) is 1. The second-order valence-corrected chi connectivity index (χ2v) is 12.1. The first-order valence-corrected chi connectivity index (χ1v) is 15.2. The summed E-state index contributed by atoms with van der Waals surface area (Å²) in [6, 6.07) is 25.3. The number of carbonyl (C=O) groups excluding carboxylic acids is 3. The average Bonchev–Trinajstić information content (AvgIpc) is 3.02. The molecule has 3 amide bonds. The summed E-state index contributed by atoms with van der Waals surface area (Å²) in [6.45, 7) is 1.61. The number of rotatable bonds is 10. The Morgan fingerprint density at radius 3 is 2.13 bits per heavy atom. The number of carbonyl (C=O) groups is 3. The van der Waals surface area contributed by atoms with E-state index in [1.54, 1.807) is 67.6 Å². The van der Waals surface area contributed by atoms with Crippen molar-refractivity contribution in [3.05, 3.63) is 124 Å². The van der Waals surface area contributed by atoms with Gasteiger partial charge in [-0.15, -0.1) is 11.8 Å². The molecule has 0 saturated carbocycles. The van der Waals surface area contributed by atoms with Crippen molar-refractivity contribution in [2.75, 3.05) is 29.6 Å². The Bertz CT molecular complexity index is 1730. The van der Waals surface area contributed by atoms with E-state index in [0.717, 1.165) is 23.9 Å². The molecular formula is C34H30ClF3N4O3S. The first-order chi connectivity index (χ1) is 21.8. The van der Waals surface area contributed by atoms with Gasteiger partial charge in [-0.2, -0.15) is 13.2 Å². The van der Waals surface area contributed by atoms with Gasteiger partial charge in [0.15, 0.2) is 0 Å². The van der Waals surface area contributed by atoms with Crippen LogP contribution in [0.3, 0.4) is 0 Å². The summed E-state index contributed by atoms with van der Waals surface area (Å²) in [5.41, 5.74) is 1.47. The molecule has 0 aliphatic heterocycles. The Morgan fingerprint density at radius 2 is 1.52 bits per heavy atom. The van der Waals surface area contributed by atoms with E-state index >= 15 is 0 Å². The molecule has 0 aliphatic carbocycles. The third-order valence-corrected chi connectivity index (χ3v) is 8.04. The maximum absolute atomic E-state index is 13.4. The number of halogens is 4. The van der Waals surface area contributed by atoms with Gasteiger partial charge in [0.05, 0.1) is 21.5 Å². The molecule has 0 fully saturated rings. The minimum absolute atomic E-state index is 0.0161. The Hall–Kier alpha value is -4.74. The number of hydrogen-bond donors (Lipinski definition) is 3. The number of nitrogens with one attached hydrogen (secondary N) is 3. The SMILES string of the molecule is CC(Sc1ccc(NC(=O)/C(=C/c2ccc(N(C)C)cc2)NC(=O)c2ccccc2)cc1)C(=O)Nc1cc(C(F)(F)F)ccc1Cl. The van der Waals surface area contributed by atoms with Crippen LogP contribution in [0.25, 0.3) is 6.08 Å². The molecular weight excluding hydrogens is 637 g/mol. The molecule has 4 rings (SSSR count). The van der Waals surface area contributed by atoms with Crippen molar-refractivity contribution in [1.29, 1.82) is 0 Å². The van der Waals surface area contributed by atoms with Crippen molar-refractivity contribution in [3.63, 3.8) is 0 Å². The Labute approximate surface area is 273 Å². The maximum Gasteiger partial charge on any atom is 0.416 e. The summed E-state index contributed by atoms with van der Waals surface area (Å²) >= 11 is 7.18. The molecule has 4 aromatic carbocycles.